The first kappa shape index (κ1) is 20.5. The van der Waals surface area contributed by atoms with Crippen LogP contribution in [-0.2, 0) is 19.0 Å². The number of likely N-dealkylation sites (N-methyl/N-ethyl adjacent to an activating group) is 1. The van der Waals surface area contributed by atoms with Gasteiger partial charge in [-0.1, -0.05) is 0 Å². The average Bonchev–Trinajstić information content (AvgIpc) is 3.46. The van der Waals surface area contributed by atoms with Crippen molar-refractivity contribution in [1.82, 2.24) is 30.3 Å². The lowest BCUT2D eigenvalue weighted by molar-refractivity contribution is -0.140. The molecule has 1 aliphatic heterocycles. The number of halogens is 3. The Morgan fingerprint density at radius 1 is 0.939 bits per heavy atom. The molecule has 33 heavy (non-hydrogen) atoms. The summed E-state index contributed by atoms with van der Waals surface area (Å²) in [4.78, 5) is 9.39. The summed E-state index contributed by atoms with van der Waals surface area (Å²) >= 11 is 0. The Hall–Kier alpha value is -3.14. The maximum atomic E-state index is 13.6. The normalized spacial score (nSPS) is 17.8. The van der Waals surface area contributed by atoms with E-state index in [4.69, 9.17) is 4.98 Å². The van der Waals surface area contributed by atoms with Crippen LogP contribution in [0.3, 0.4) is 0 Å². The first-order valence-electron chi connectivity index (χ1n) is 11.3. The average molecular weight is 455 g/mol. The van der Waals surface area contributed by atoms with Crippen LogP contribution in [0.25, 0.3) is 33.1 Å². The van der Waals surface area contributed by atoms with E-state index in [1.54, 1.807) is 0 Å². The third kappa shape index (κ3) is 3.26. The van der Waals surface area contributed by atoms with Crippen LogP contribution in [0.4, 0.5) is 19.0 Å². The summed E-state index contributed by atoms with van der Waals surface area (Å²) in [6.07, 6.45) is 0.218. The molecule has 0 saturated carbocycles. The van der Waals surface area contributed by atoms with Gasteiger partial charge >= 0.3 is 6.18 Å². The number of rotatable bonds is 2. The molecule has 0 radical (unpaired) electrons. The molecule has 172 valence electrons. The molecule has 1 aromatic carbocycles. The minimum Gasteiger partial charge on any atom is -0.352 e. The topological polar surface area (TPSA) is 76.7 Å². The van der Waals surface area contributed by atoms with Crippen molar-refractivity contribution in [3.8, 4) is 11.3 Å². The molecule has 10 heteroatoms. The number of H-pyrrole nitrogens is 2. The maximum absolute atomic E-state index is 13.6. The van der Waals surface area contributed by atoms with E-state index < -0.39 is 11.9 Å². The number of hydrogen-bond donors (Lipinski definition) is 2. The second-order valence-electron chi connectivity index (χ2n) is 8.99. The van der Waals surface area contributed by atoms with Crippen molar-refractivity contribution >= 4 is 27.6 Å². The number of aromatic nitrogens is 5. The monoisotopic (exact) mass is 455 g/mol. The molecule has 1 saturated heterocycles. The first-order chi connectivity index (χ1) is 15.9. The largest absolute Gasteiger partial charge is 0.435 e. The Morgan fingerprint density at radius 2 is 1.70 bits per heavy atom. The molecule has 0 amide bonds. The van der Waals surface area contributed by atoms with Crippen LogP contribution >= 0.6 is 0 Å². The van der Waals surface area contributed by atoms with E-state index in [9.17, 15) is 13.2 Å². The highest BCUT2D eigenvalue weighted by Crippen LogP contribution is 2.43. The van der Waals surface area contributed by atoms with Crippen LogP contribution < -0.4 is 4.90 Å². The maximum Gasteiger partial charge on any atom is 0.435 e. The molecule has 0 spiro atoms. The van der Waals surface area contributed by atoms with Crippen molar-refractivity contribution in [3.63, 3.8) is 0 Å². The van der Waals surface area contributed by atoms with Crippen LogP contribution in [0, 0.1) is 0 Å². The number of aryl methyl sites for hydroxylation is 1. The van der Waals surface area contributed by atoms with Crippen LogP contribution in [0.15, 0.2) is 18.3 Å². The van der Waals surface area contributed by atoms with Crippen LogP contribution in [0.1, 0.15) is 29.7 Å². The predicted octanol–water partition coefficient (Wildman–Crippen LogP) is 4.15. The number of nitrogens with one attached hydrogen (secondary N) is 2. The summed E-state index contributed by atoms with van der Waals surface area (Å²) in [5.74, 6) is 0.908. The number of piperazine rings is 1. The van der Waals surface area contributed by atoms with Gasteiger partial charge in [0.15, 0.2) is 11.5 Å². The van der Waals surface area contributed by atoms with Crippen LogP contribution in [-0.4, -0.2) is 63.5 Å². The van der Waals surface area contributed by atoms with Gasteiger partial charge in [0.2, 0.25) is 0 Å². The smallest absolute Gasteiger partial charge is 0.352 e. The molecule has 6 rings (SSSR count). The number of fused-ring (bicyclic) bond motifs is 5. The zero-order valence-corrected chi connectivity index (χ0v) is 18.3. The zero-order chi connectivity index (χ0) is 22.7. The molecule has 0 bridgehead atoms. The van der Waals surface area contributed by atoms with Gasteiger partial charge in [-0.15, -0.1) is 0 Å². The minimum atomic E-state index is -4.55. The summed E-state index contributed by atoms with van der Waals surface area (Å²) < 4.78 is 40.9. The van der Waals surface area contributed by atoms with Crippen molar-refractivity contribution in [2.24, 2.45) is 0 Å². The lowest BCUT2D eigenvalue weighted by Gasteiger charge is -2.33. The molecule has 0 unspecified atom stereocenters. The van der Waals surface area contributed by atoms with Gasteiger partial charge in [0.25, 0.3) is 0 Å². The molecular weight excluding hydrogens is 431 g/mol. The fourth-order valence-corrected chi connectivity index (χ4v) is 5.27. The van der Waals surface area contributed by atoms with Crippen LogP contribution in [0.2, 0.25) is 0 Å². The molecule has 2 N–H and O–H groups in total. The molecule has 1 aliphatic carbocycles. The Labute approximate surface area is 188 Å². The molecular formula is C23H24F3N7. The second kappa shape index (κ2) is 7.44. The second-order valence-corrected chi connectivity index (χ2v) is 8.99. The SMILES string of the molecule is CN1CCN(c2n[nH]c3ccc4nc(-c5c[nH]nc5C(F)(F)F)c5c(c4c23)CCCC5)CC1. The third-order valence-electron chi connectivity index (χ3n) is 6.94. The van der Waals surface area contributed by atoms with Gasteiger partial charge in [0.05, 0.1) is 27.7 Å². The molecule has 4 aromatic rings. The Bertz CT molecular complexity index is 1350. The van der Waals surface area contributed by atoms with E-state index in [-0.39, 0.29) is 5.56 Å². The summed E-state index contributed by atoms with van der Waals surface area (Å²) in [6.45, 7) is 3.68. The molecule has 2 aliphatic rings. The number of hydrogen-bond acceptors (Lipinski definition) is 5. The summed E-state index contributed by atoms with van der Waals surface area (Å²) in [5.41, 5.74) is 3.12. The van der Waals surface area contributed by atoms with Crippen molar-refractivity contribution in [2.75, 3.05) is 38.1 Å². The predicted molar refractivity (Wildman–Crippen MR) is 120 cm³/mol. The fourth-order valence-electron chi connectivity index (χ4n) is 5.27. The van der Waals surface area contributed by atoms with Gasteiger partial charge in [-0.2, -0.15) is 23.4 Å². The van der Waals surface area contributed by atoms with Gasteiger partial charge in [-0.25, -0.2) is 4.98 Å². The number of alkyl halides is 3. The standard InChI is InChI=1S/C23H24F3N7/c1-32-8-10-33(11-9-32)22-19-17(29-31-22)7-6-16-18(19)13-4-2-3-5-14(13)20(28-16)15-12-27-30-21(15)23(24,25)26/h6-7,12H,2-5,8-11H2,1H3,(H,27,30)(H,29,31). The quantitative estimate of drug-likeness (QED) is 0.475. The zero-order valence-electron chi connectivity index (χ0n) is 18.3. The van der Waals surface area contributed by atoms with E-state index in [0.29, 0.717) is 17.6 Å². The molecule has 4 heterocycles. The fraction of sp³-hybridized carbons (Fsp3) is 0.435. The Kier molecular flexibility index (Phi) is 4.62. The van der Waals surface area contributed by atoms with Crippen molar-refractivity contribution < 1.29 is 13.2 Å². The molecule has 3 aromatic heterocycles. The Morgan fingerprint density at radius 3 is 2.45 bits per heavy atom. The van der Waals surface area contributed by atoms with Crippen molar-refractivity contribution in [2.45, 2.75) is 31.9 Å². The van der Waals surface area contributed by atoms with Crippen molar-refractivity contribution in [1.29, 1.82) is 0 Å². The number of nitrogens with zero attached hydrogens (tertiary/aromatic N) is 5. The van der Waals surface area contributed by atoms with E-state index in [0.717, 1.165) is 78.7 Å². The molecule has 1 fully saturated rings. The molecule has 7 nitrogen and oxygen atoms in total. The summed E-state index contributed by atoms with van der Waals surface area (Å²) in [5, 5.41) is 15.8. The first-order valence-corrected chi connectivity index (χ1v) is 11.3. The highest BCUT2D eigenvalue weighted by molar-refractivity contribution is 6.13. The highest BCUT2D eigenvalue weighted by atomic mass is 19.4. The number of pyridine rings is 1. The van der Waals surface area contributed by atoms with Gasteiger partial charge in [-0.05, 0) is 56.0 Å². The van der Waals surface area contributed by atoms with E-state index in [2.05, 4.69) is 37.2 Å². The van der Waals surface area contributed by atoms with Gasteiger partial charge < -0.3 is 9.80 Å². The molecule has 0 atom stereocenters. The van der Waals surface area contributed by atoms with Crippen molar-refractivity contribution in [3.05, 3.63) is 35.2 Å². The third-order valence-corrected chi connectivity index (χ3v) is 6.94. The van der Waals surface area contributed by atoms with E-state index in [1.165, 1.54) is 6.20 Å². The summed E-state index contributed by atoms with van der Waals surface area (Å²) in [7, 11) is 2.11. The van der Waals surface area contributed by atoms with Gasteiger partial charge in [0, 0.05) is 37.8 Å². The highest BCUT2D eigenvalue weighted by Gasteiger charge is 2.38. The number of anilines is 1. The van der Waals surface area contributed by atoms with E-state index in [1.807, 2.05) is 12.1 Å². The lowest BCUT2D eigenvalue weighted by Crippen LogP contribution is -2.44. The van der Waals surface area contributed by atoms with Gasteiger partial charge in [-0.3, -0.25) is 10.2 Å². The van der Waals surface area contributed by atoms with Crippen LogP contribution in [0.5, 0.6) is 0 Å². The van der Waals surface area contributed by atoms with Gasteiger partial charge in [0.1, 0.15) is 0 Å². The minimum absolute atomic E-state index is 0.0223. The Balaban J connectivity index is 1.61. The summed E-state index contributed by atoms with van der Waals surface area (Å²) in [6, 6.07) is 3.81. The number of benzene rings is 1. The van der Waals surface area contributed by atoms with E-state index >= 15 is 0 Å². The number of aromatic amines is 2. The lowest BCUT2D eigenvalue weighted by atomic mass is 9.85.